The summed E-state index contributed by atoms with van der Waals surface area (Å²) in [5.74, 6) is 0.448. The number of nitrogens with zero attached hydrogens (tertiary/aromatic N) is 3. The van der Waals surface area contributed by atoms with Gasteiger partial charge in [0.15, 0.2) is 0 Å². The highest BCUT2D eigenvalue weighted by atomic mass is 16.5. The number of rotatable bonds is 3. The van der Waals surface area contributed by atoms with Gasteiger partial charge in [0.2, 0.25) is 0 Å². The molecule has 0 radical (unpaired) electrons. The zero-order valence-corrected chi connectivity index (χ0v) is 20.1. The van der Waals surface area contributed by atoms with Gasteiger partial charge in [-0.25, -0.2) is 4.68 Å². The van der Waals surface area contributed by atoms with Crippen LogP contribution in [-0.2, 0) is 5.60 Å². The Morgan fingerprint density at radius 2 is 1.54 bits per heavy atom. The summed E-state index contributed by atoms with van der Waals surface area (Å²) >= 11 is 0. The van der Waals surface area contributed by atoms with Crippen molar-refractivity contribution in [2.45, 2.75) is 32.3 Å². The van der Waals surface area contributed by atoms with Crippen molar-refractivity contribution >= 4 is 11.0 Å². The van der Waals surface area contributed by atoms with Crippen LogP contribution in [-0.4, -0.2) is 26.7 Å². The molecule has 5 aromatic rings. The molecule has 5 nitrogen and oxygen atoms in total. The van der Waals surface area contributed by atoms with Crippen LogP contribution in [0.3, 0.4) is 0 Å². The Morgan fingerprint density at radius 3 is 2.29 bits per heavy atom. The van der Waals surface area contributed by atoms with E-state index >= 15 is 0 Å². The summed E-state index contributed by atoms with van der Waals surface area (Å²) in [5, 5.41) is 21.3. The van der Waals surface area contributed by atoms with Gasteiger partial charge in [-0.1, -0.05) is 77.0 Å². The van der Waals surface area contributed by atoms with Crippen LogP contribution in [0.1, 0.15) is 39.3 Å². The molecule has 2 heterocycles. The summed E-state index contributed by atoms with van der Waals surface area (Å²) in [7, 11) is 0. The Balaban J connectivity index is 1.55. The van der Waals surface area contributed by atoms with E-state index in [1.807, 2.05) is 60.1 Å². The average molecular weight is 462 g/mol. The molecule has 0 fully saturated rings. The maximum atomic E-state index is 12.6. The van der Waals surface area contributed by atoms with Crippen LogP contribution in [0.5, 0.6) is 5.75 Å². The Labute approximate surface area is 204 Å². The highest BCUT2D eigenvalue weighted by molar-refractivity contribution is 5.77. The lowest BCUT2D eigenvalue weighted by Crippen LogP contribution is -2.42. The van der Waals surface area contributed by atoms with Crippen molar-refractivity contribution in [3.05, 3.63) is 118 Å². The van der Waals surface area contributed by atoms with E-state index in [-0.39, 0.29) is 5.92 Å². The maximum absolute atomic E-state index is 12.6. The number of para-hydroxylation sites is 1. The number of hydrogen-bond donors (Lipinski definition) is 1. The summed E-state index contributed by atoms with van der Waals surface area (Å²) in [4.78, 5) is 0. The number of ether oxygens (including phenoxy) is 1. The minimum atomic E-state index is -1.25. The van der Waals surface area contributed by atoms with Crippen molar-refractivity contribution < 1.29 is 9.84 Å². The molecule has 35 heavy (non-hydrogen) atoms. The van der Waals surface area contributed by atoms with Gasteiger partial charge in [0, 0.05) is 11.1 Å². The first-order valence-corrected chi connectivity index (χ1v) is 11.9. The van der Waals surface area contributed by atoms with E-state index in [4.69, 9.17) is 4.74 Å². The van der Waals surface area contributed by atoms with Crippen molar-refractivity contribution in [3.8, 4) is 11.4 Å². The summed E-state index contributed by atoms with van der Waals surface area (Å²) in [6.07, 6.45) is 0. The summed E-state index contributed by atoms with van der Waals surface area (Å²) in [6.45, 7) is 6.51. The molecule has 0 spiro atoms. The fourth-order valence-electron chi connectivity index (χ4n) is 5.22. The molecule has 2 atom stereocenters. The van der Waals surface area contributed by atoms with E-state index in [0.29, 0.717) is 12.4 Å². The van der Waals surface area contributed by atoms with Gasteiger partial charge < -0.3 is 9.84 Å². The lowest BCUT2D eigenvalue weighted by molar-refractivity contribution is 0.0103. The van der Waals surface area contributed by atoms with E-state index in [2.05, 4.69) is 60.6 Å². The van der Waals surface area contributed by atoms with Crippen LogP contribution >= 0.6 is 0 Å². The number of fused-ring (bicyclic) bond motifs is 2. The second-order valence-electron chi connectivity index (χ2n) is 9.48. The quantitative estimate of drug-likeness (QED) is 0.371. The normalized spacial score (nSPS) is 19.4. The number of aliphatic hydroxyl groups is 1. The molecule has 1 aliphatic heterocycles. The minimum Gasteiger partial charge on any atom is -0.492 e. The summed E-state index contributed by atoms with van der Waals surface area (Å²) < 4.78 is 8.26. The van der Waals surface area contributed by atoms with Gasteiger partial charge in [-0.2, -0.15) is 0 Å². The Hall–Kier alpha value is -3.96. The summed E-state index contributed by atoms with van der Waals surface area (Å²) in [6, 6.07) is 28.4. The van der Waals surface area contributed by atoms with Gasteiger partial charge in [0.25, 0.3) is 0 Å². The molecule has 0 aliphatic carbocycles. The van der Waals surface area contributed by atoms with Crippen molar-refractivity contribution in [2.24, 2.45) is 0 Å². The molecule has 4 aromatic carbocycles. The molecule has 0 saturated carbocycles. The SMILES string of the molecule is Cc1ccc(C2COc3c(ccc(-n4nnc5ccccc54)c3C)C2(O)c2ccc(C)cc2)cc1. The van der Waals surface area contributed by atoms with Crippen molar-refractivity contribution in [3.63, 3.8) is 0 Å². The van der Waals surface area contributed by atoms with Crippen LogP contribution in [0.25, 0.3) is 16.7 Å². The first-order valence-electron chi connectivity index (χ1n) is 11.9. The Morgan fingerprint density at radius 1 is 0.857 bits per heavy atom. The maximum Gasteiger partial charge on any atom is 0.130 e. The highest BCUT2D eigenvalue weighted by Crippen LogP contribution is 2.51. The van der Waals surface area contributed by atoms with E-state index < -0.39 is 5.60 Å². The predicted molar refractivity (Wildman–Crippen MR) is 137 cm³/mol. The average Bonchev–Trinajstić information content (AvgIpc) is 3.30. The van der Waals surface area contributed by atoms with Crippen LogP contribution in [0.4, 0.5) is 0 Å². The standard InChI is InChI=1S/C30H27N3O2/c1-19-8-12-22(13-9-19)25-18-35-29-21(3)27(33-28-7-5-4-6-26(28)31-32-33)17-16-24(29)30(25,34)23-14-10-20(2)11-15-23/h4-17,25,34H,18H2,1-3H3. The molecule has 6 rings (SSSR count). The van der Waals surface area contributed by atoms with Gasteiger partial charge in [0.05, 0.1) is 23.7 Å². The minimum absolute atomic E-state index is 0.254. The smallest absolute Gasteiger partial charge is 0.130 e. The van der Waals surface area contributed by atoms with Crippen LogP contribution in [0.15, 0.2) is 84.9 Å². The van der Waals surface area contributed by atoms with Gasteiger partial charge in [-0.15, -0.1) is 5.10 Å². The molecule has 2 unspecified atom stereocenters. The molecule has 1 N–H and O–H groups in total. The molecule has 174 valence electrons. The molecule has 1 aromatic heterocycles. The van der Waals surface area contributed by atoms with Gasteiger partial charge in [-0.3, -0.25) is 0 Å². The first kappa shape index (κ1) is 21.6. The van der Waals surface area contributed by atoms with Crippen LogP contribution in [0, 0.1) is 20.8 Å². The van der Waals surface area contributed by atoms with E-state index in [1.165, 1.54) is 5.56 Å². The Bertz CT molecular complexity index is 1540. The molecular weight excluding hydrogens is 434 g/mol. The number of hydrogen-bond acceptors (Lipinski definition) is 4. The molecule has 0 bridgehead atoms. The molecule has 1 aliphatic rings. The third-order valence-electron chi connectivity index (χ3n) is 7.24. The van der Waals surface area contributed by atoms with Gasteiger partial charge >= 0.3 is 0 Å². The number of aryl methyl sites for hydroxylation is 2. The lowest BCUT2D eigenvalue weighted by Gasteiger charge is -2.42. The first-order chi connectivity index (χ1) is 17.0. The van der Waals surface area contributed by atoms with Crippen LogP contribution < -0.4 is 4.74 Å². The van der Waals surface area contributed by atoms with Gasteiger partial charge in [0.1, 0.15) is 16.9 Å². The molecule has 5 heteroatoms. The third kappa shape index (κ3) is 3.34. The van der Waals surface area contributed by atoms with Gasteiger partial charge in [-0.05, 0) is 56.2 Å². The van der Waals surface area contributed by atoms with E-state index in [0.717, 1.165) is 44.5 Å². The third-order valence-corrected chi connectivity index (χ3v) is 7.24. The lowest BCUT2D eigenvalue weighted by atomic mass is 9.71. The zero-order chi connectivity index (χ0) is 24.2. The van der Waals surface area contributed by atoms with E-state index in [1.54, 1.807) is 0 Å². The molecular formula is C30H27N3O2. The van der Waals surface area contributed by atoms with Crippen LogP contribution in [0.2, 0.25) is 0 Å². The van der Waals surface area contributed by atoms with Crippen molar-refractivity contribution in [1.82, 2.24) is 15.0 Å². The largest absolute Gasteiger partial charge is 0.492 e. The number of benzene rings is 4. The molecule has 0 saturated heterocycles. The second kappa shape index (κ2) is 8.07. The van der Waals surface area contributed by atoms with E-state index in [9.17, 15) is 5.11 Å². The zero-order valence-electron chi connectivity index (χ0n) is 20.1. The molecule has 0 amide bonds. The monoisotopic (exact) mass is 461 g/mol. The fraction of sp³-hybridized carbons (Fsp3) is 0.200. The fourth-order valence-corrected chi connectivity index (χ4v) is 5.22. The van der Waals surface area contributed by atoms with Crippen molar-refractivity contribution in [2.75, 3.05) is 6.61 Å². The highest BCUT2D eigenvalue weighted by Gasteiger charge is 2.47. The topological polar surface area (TPSA) is 60.2 Å². The summed E-state index contributed by atoms with van der Waals surface area (Å²) in [5.41, 5.74) is 7.34. The second-order valence-corrected chi connectivity index (χ2v) is 9.48. The van der Waals surface area contributed by atoms with Crippen molar-refractivity contribution in [1.29, 1.82) is 0 Å². The predicted octanol–water partition coefficient (Wildman–Crippen LogP) is 5.76. The number of aromatic nitrogens is 3. The Kier molecular flexibility index (Phi) is 4.97.